The summed E-state index contributed by atoms with van der Waals surface area (Å²) in [5.74, 6) is 0.694. The second kappa shape index (κ2) is 4.30. The molecule has 1 aromatic carbocycles. The molecular formula is C15H13NO2. The SMILES string of the molecule is N#CC1=C(c2ccccc2)O[C@H]2C(=O)CCC[C@@H]12. The highest BCUT2D eigenvalue weighted by Crippen LogP contribution is 2.42. The van der Waals surface area contributed by atoms with E-state index in [4.69, 9.17) is 4.74 Å². The highest BCUT2D eigenvalue weighted by atomic mass is 16.5. The molecule has 3 nitrogen and oxygen atoms in total. The average Bonchev–Trinajstić information content (AvgIpc) is 2.80. The van der Waals surface area contributed by atoms with E-state index in [1.165, 1.54) is 0 Å². The lowest BCUT2D eigenvalue weighted by atomic mass is 9.82. The van der Waals surface area contributed by atoms with E-state index in [0.717, 1.165) is 18.4 Å². The third kappa shape index (κ3) is 1.62. The van der Waals surface area contributed by atoms with Crippen LogP contribution < -0.4 is 0 Å². The van der Waals surface area contributed by atoms with E-state index >= 15 is 0 Å². The van der Waals surface area contributed by atoms with Crippen LogP contribution in [0, 0.1) is 17.2 Å². The Morgan fingerprint density at radius 2 is 2.06 bits per heavy atom. The maximum Gasteiger partial charge on any atom is 0.173 e. The molecule has 0 radical (unpaired) electrons. The number of carbonyl (C=O) groups is 1. The van der Waals surface area contributed by atoms with Crippen molar-refractivity contribution in [1.29, 1.82) is 5.26 Å². The first-order valence-electron chi connectivity index (χ1n) is 6.20. The predicted octanol–water partition coefficient (Wildman–Crippen LogP) is 2.69. The minimum absolute atomic E-state index is 0.0357. The summed E-state index contributed by atoms with van der Waals surface area (Å²) in [6, 6.07) is 11.8. The summed E-state index contributed by atoms with van der Waals surface area (Å²) in [5.41, 5.74) is 1.52. The average molecular weight is 239 g/mol. The summed E-state index contributed by atoms with van der Waals surface area (Å²) in [5, 5.41) is 9.32. The molecule has 3 rings (SSSR count). The number of ketones is 1. The highest BCUT2D eigenvalue weighted by molar-refractivity contribution is 5.88. The van der Waals surface area contributed by atoms with Gasteiger partial charge in [0.05, 0.1) is 11.6 Å². The third-order valence-electron chi connectivity index (χ3n) is 3.64. The number of nitrogens with zero attached hydrogens (tertiary/aromatic N) is 1. The summed E-state index contributed by atoms with van der Waals surface area (Å²) in [4.78, 5) is 11.9. The predicted molar refractivity (Wildman–Crippen MR) is 66.2 cm³/mol. The van der Waals surface area contributed by atoms with Gasteiger partial charge in [0.1, 0.15) is 5.76 Å². The summed E-state index contributed by atoms with van der Waals surface area (Å²) < 4.78 is 5.77. The van der Waals surface area contributed by atoms with Gasteiger partial charge < -0.3 is 4.74 Å². The number of carbonyl (C=O) groups excluding carboxylic acids is 1. The van der Waals surface area contributed by atoms with Crippen LogP contribution in [0.5, 0.6) is 0 Å². The maximum atomic E-state index is 11.9. The molecule has 1 aromatic rings. The summed E-state index contributed by atoms with van der Waals surface area (Å²) >= 11 is 0. The molecular weight excluding hydrogens is 226 g/mol. The topological polar surface area (TPSA) is 50.1 Å². The molecule has 0 aromatic heterocycles. The van der Waals surface area contributed by atoms with Gasteiger partial charge in [-0.1, -0.05) is 30.3 Å². The first-order chi connectivity index (χ1) is 8.81. The highest BCUT2D eigenvalue weighted by Gasteiger charge is 2.43. The lowest BCUT2D eigenvalue weighted by Crippen LogP contribution is -2.32. The Kier molecular flexibility index (Phi) is 2.64. The van der Waals surface area contributed by atoms with E-state index in [1.54, 1.807) is 0 Å². The van der Waals surface area contributed by atoms with Crippen LogP contribution in [0.4, 0.5) is 0 Å². The number of nitriles is 1. The summed E-state index contributed by atoms with van der Waals surface area (Å²) in [7, 11) is 0. The van der Waals surface area contributed by atoms with E-state index in [-0.39, 0.29) is 11.7 Å². The van der Waals surface area contributed by atoms with Gasteiger partial charge in [-0.3, -0.25) is 4.79 Å². The second-order valence-electron chi connectivity index (χ2n) is 4.72. The minimum Gasteiger partial charge on any atom is -0.480 e. The van der Waals surface area contributed by atoms with E-state index in [9.17, 15) is 10.1 Å². The van der Waals surface area contributed by atoms with Gasteiger partial charge in [-0.25, -0.2) is 0 Å². The molecule has 0 spiro atoms. The van der Waals surface area contributed by atoms with Gasteiger partial charge in [0, 0.05) is 17.9 Å². The van der Waals surface area contributed by atoms with Crippen molar-refractivity contribution in [3.8, 4) is 6.07 Å². The van der Waals surface area contributed by atoms with Crippen LogP contribution in [0.25, 0.3) is 5.76 Å². The monoisotopic (exact) mass is 239 g/mol. The van der Waals surface area contributed by atoms with Crippen molar-refractivity contribution < 1.29 is 9.53 Å². The lowest BCUT2D eigenvalue weighted by molar-refractivity contribution is -0.129. The summed E-state index contributed by atoms with van der Waals surface area (Å²) in [6.45, 7) is 0. The van der Waals surface area contributed by atoms with Crippen LogP contribution in [0.1, 0.15) is 24.8 Å². The normalized spacial score (nSPS) is 26.5. The largest absolute Gasteiger partial charge is 0.480 e. The molecule has 1 saturated carbocycles. The standard InChI is InChI=1S/C15H13NO2/c16-9-12-11-7-4-8-13(17)15(11)18-14(12)10-5-2-1-3-6-10/h1-3,5-6,11,15H,4,7-8H2/t11-,15+/m0/s1. The number of benzene rings is 1. The van der Waals surface area contributed by atoms with Crippen LogP contribution >= 0.6 is 0 Å². The Labute approximate surface area is 106 Å². The molecule has 1 aliphatic heterocycles. The van der Waals surface area contributed by atoms with Crippen molar-refractivity contribution in [3.05, 3.63) is 41.5 Å². The van der Waals surface area contributed by atoms with Crippen molar-refractivity contribution >= 4 is 11.5 Å². The first-order valence-corrected chi connectivity index (χ1v) is 6.20. The van der Waals surface area contributed by atoms with E-state index in [1.807, 2.05) is 30.3 Å². The Morgan fingerprint density at radius 3 is 2.78 bits per heavy atom. The molecule has 0 bridgehead atoms. The molecule has 0 N–H and O–H groups in total. The van der Waals surface area contributed by atoms with Crippen molar-refractivity contribution in [2.75, 3.05) is 0 Å². The zero-order valence-electron chi connectivity index (χ0n) is 9.93. The fraction of sp³-hybridized carbons (Fsp3) is 0.333. The van der Waals surface area contributed by atoms with Gasteiger partial charge in [-0.2, -0.15) is 5.26 Å². The van der Waals surface area contributed by atoms with E-state index in [0.29, 0.717) is 17.8 Å². The molecule has 1 fully saturated rings. The first kappa shape index (κ1) is 11.0. The fourth-order valence-corrected chi connectivity index (χ4v) is 2.76. The number of hydrogen-bond acceptors (Lipinski definition) is 3. The number of rotatable bonds is 1. The van der Waals surface area contributed by atoms with E-state index < -0.39 is 6.10 Å². The summed E-state index contributed by atoms with van der Waals surface area (Å²) in [6.07, 6.45) is 1.87. The second-order valence-corrected chi connectivity index (χ2v) is 4.72. The molecule has 0 amide bonds. The smallest absolute Gasteiger partial charge is 0.173 e. The van der Waals surface area contributed by atoms with Gasteiger partial charge in [-0.05, 0) is 12.8 Å². The van der Waals surface area contributed by atoms with Gasteiger partial charge >= 0.3 is 0 Å². The zero-order chi connectivity index (χ0) is 12.5. The molecule has 0 unspecified atom stereocenters. The van der Waals surface area contributed by atoms with Crippen molar-refractivity contribution in [1.82, 2.24) is 0 Å². The molecule has 1 heterocycles. The van der Waals surface area contributed by atoms with Crippen molar-refractivity contribution in [3.63, 3.8) is 0 Å². The Bertz CT molecular complexity index is 554. The van der Waals surface area contributed by atoms with Gasteiger partial charge in [0.25, 0.3) is 0 Å². The Balaban J connectivity index is 2.03. The van der Waals surface area contributed by atoms with Gasteiger partial charge in [0.15, 0.2) is 11.9 Å². The Morgan fingerprint density at radius 1 is 1.28 bits per heavy atom. The van der Waals surface area contributed by atoms with E-state index in [2.05, 4.69) is 6.07 Å². The number of Topliss-reactive ketones (excluding diaryl/α,β-unsaturated/α-hetero) is 1. The molecule has 1 aliphatic carbocycles. The number of fused-ring (bicyclic) bond motifs is 1. The van der Waals surface area contributed by atoms with Crippen LogP contribution in [0.2, 0.25) is 0 Å². The van der Waals surface area contributed by atoms with Crippen molar-refractivity contribution in [2.24, 2.45) is 5.92 Å². The fourth-order valence-electron chi connectivity index (χ4n) is 2.76. The molecule has 0 saturated heterocycles. The van der Waals surface area contributed by atoms with Crippen LogP contribution in [-0.4, -0.2) is 11.9 Å². The molecule has 2 atom stereocenters. The van der Waals surface area contributed by atoms with Crippen molar-refractivity contribution in [2.45, 2.75) is 25.4 Å². The van der Waals surface area contributed by atoms with Crippen LogP contribution in [-0.2, 0) is 9.53 Å². The number of ether oxygens (including phenoxy) is 1. The van der Waals surface area contributed by atoms with Crippen LogP contribution in [0.3, 0.4) is 0 Å². The Hall–Kier alpha value is -2.08. The number of hydrogen-bond donors (Lipinski definition) is 0. The molecule has 3 heteroatoms. The third-order valence-corrected chi connectivity index (χ3v) is 3.64. The molecule has 90 valence electrons. The van der Waals surface area contributed by atoms with Gasteiger partial charge in [-0.15, -0.1) is 0 Å². The minimum atomic E-state index is -0.427. The molecule has 2 aliphatic rings. The zero-order valence-corrected chi connectivity index (χ0v) is 9.93. The van der Waals surface area contributed by atoms with Crippen LogP contribution in [0.15, 0.2) is 35.9 Å². The maximum absolute atomic E-state index is 11.9. The quantitative estimate of drug-likeness (QED) is 0.757. The molecule has 18 heavy (non-hydrogen) atoms. The van der Waals surface area contributed by atoms with Gasteiger partial charge in [0.2, 0.25) is 0 Å². The lowest BCUT2D eigenvalue weighted by Gasteiger charge is -2.23.